The van der Waals surface area contributed by atoms with Crippen molar-refractivity contribution >= 4 is 11.5 Å². The number of aromatic nitrogens is 1. The van der Waals surface area contributed by atoms with Crippen LogP contribution in [0.3, 0.4) is 0 Å². The van der Waals surface area contributed by atoms with Crippen molar-refractivity contribution in [2.24, 2.45) is 0 Å². The van der Waals surface area contributed by atoms with E-state index >= 15 is 0 Å². The lowest BCUT2D eigenvalue weighted by Gasteiger charge is -2.14. The molecule has 0 amide bonds. The second kappa shape index (κ2) is 5.56. The van der Waals surface area contributed by atoms with E-state index in [2.05, 4.69) is 29.2 Å². The SMILES string of the molecule is CCN(C)CCNc1ccc(N)c(C)n1. The summed E-state index contributed by atoms with van der Waals surface area (Å²) in [5, 5.41) is 3.27. The van der Waals surface area contributed by atoms with Crippen LogP contribution in [0.4, 0.5) is 11.5 Å². The number of nitrogens with two attached hydrogens (primary N) is 1. The van der Waals surface area contributed by atoms with Crippen molar-refractivity contribution in [2.45, 2.75) is 13.8 Å². The fraction of sp³-hybridized carbons (Fsp3) is 0.545. The van der Waals surface area contributed by atoms with E-state index in [0.717, 1.165) is 36.8 Å². The normalized spacial score (nSPS) is 10.7. The van der Waals surface area contributed by atoms with Gasteiger partial charge in [-0.2, -0.15) is 0 Å². The summed E-state index contributed by atoms with van der Waals surface area (Å²) in [6, 6.07) is 3.79. The maximum absolute atomic E-state index is 5.69. The van der Waals surface area contributed by atoms with Gasteiger partial charge < -0.3 is 16.0 Å². The Hall–Kier alpha value is -1.29. The van der Waals surface area contributed by atoms with E-state index < -0.39 is 0 Å². The number of hydrogen-bond donors (Lipinski definition) is 2. The van der Waals surface area contributed by atoms with Gasteiger partial charge in [0.15, 0.2) is 0 Å². The lowest BCUT2D eigenvalue weighted by Crippen LogP contribution is -2.24. The number of likely N-dealkylation sites (N-methyl/N-ethyl adjacent to an activating group) is 1. The highest BCUT2D eigenvalue weighted by atomic mass is 15.1. The van der Waals surface area contributed by atoms with Gasteiger partial charge in [-0.15, -0.1) is 0 Å². The van der Waals surface area contributed by atoms with Gasteiger partial charge in [-0.05, 0) is 32.6 Å². The molecule has 3 N–H and O–H groups in total. The highest BCUT2D eigenvalue weighted by molar-refractivity contribution is 5.48. The van der Waals surface area contributed by atoms with Crippen LogP contribution >= 0.6 is 0 Å². The summed E-state index contributed by atoms with van der Waals surface area (Å²) >= 11 is 0. The third-order valence-corrected chi connectivity index (χ3v) is 2.47. The monoisotopic (exact) mass is 208 g/mol. The number of hydrogen-bond acceptors (Lipinski definition) is 4. The Kier molecular flexibility index (Phi) is 4.37. The van der Waals surface area contributed by atoms with E-state index in [0.29, 0.717) is 0 Å². The number of anilines is 2. The van der Waals surface area contributed by atoms with Gasteiger partial charge in [-0.25, -0.2) is 4.98 Å². The summed E-state index contributed by atoms with van der Waals surface area (Å²) in [6.45, 7) is 7.04. The molecule has 1 aromatic rings. The van der Waals surface area contributed by atoms with Gasteiger partial charge in [-0.1, -0.05) is 6.92 Å². The fourth-order valence-electron chi connectivity index (χ4n) is 1.20. The summed E-state index contributed by atoms with van der Waals surface area (Å²) in [6.07, 6.45) is 0. The topological polar surface area (TPSA) is 54.2 Å². The van der Waals surface area contributed by atoms with E-state index in [1.807, 2.05) is 19.1 Å². The van der Waals surface area contributed by atoms with Gasteiger partial charge in [0.25, 0.3) is 0 Å². The Labute approximate surface area is 91.5 Å². The van der Waals surface area contributed by atoms with Crippen molar-refractivity contribution in [3.05, 3.63) is 17.8 Å². The molecule has 0 spiro atoms. The molecule has 0 saturated carbocycles. The highest BCUT2D eigenvalue weighted by Crippen LogP contribution is 2.11. The largest absolute Gasteiger partial charge is 0.397 e. The van der Waals surface area contributed by atoms with Crippen molar-refractivity contribution in [1.29, 1.82) is 0 Å². The van der Waals surface area contributed by atoms with Gasteiger partial charge in [0.05, 0.1) is 11.4 Å². The molecule has 0 unspecified atom stereocenters. The van der Waals surface area contributed by atoms with Crippen LogP contribution in [0.15, 0.2) is 12.1 Å². The Bertz CT molecular complexity index is 311. The molecule has 15 heavy (non-hydrogen) atoms. The number of pyridine rings is 1. The van der Waals surface area contributed by atoms with Crippen LogP contribution in [0.2, 0.25) is 0 Å². The van der Waals surface area contributed by atoms with Gasteiger partial charge in [0.2, 0.25) is 0 Å². The summed E-state index contributed by atoms with van der Waals surface area (Å²) in [4.78, 5) is 6.59. The van der Waals surface area contributed by atoms with Gasteiger partial charge in [0, 0.05) is 13.1 Å². The third kappa shape index (κ3) is 3.75. The molecule has 0 saturated heterocycles. The predicted molar refractivity (Wildman–Crippen MR) is 65.0 cm³/mol. The molecule has 0 aliphatic carbocycles. The zero-order valence-corrected chi connectivity index (χ0v) is 9.75. The molecule has 0 aromatic carbocycles. The van der Waals surface area contributed by atoms with E-state index in [9.17, 15) is 0 Å². The average Bonchev–Trinajstić information content (AvgIpc) is 2.23. The number of aryl methyl sites for hydroxylation is 1. The lowest BCUT2D eigenvalue weighted by molar-refractivity contribution is 0.367. The van der Waals surface area contributed by atoms with Crippen molar-refractivity contribution in [3.8, 4) is 0 Å². The first-order valence-corrected chi connectivity index (χ1v) is 5.29. The quantitative estimate of drug-likeness (QED) is 0.766. The van der Waals surface area contributed by atoms with E-state index in [-0.39, 0.29) is 0 Å². The van der Waals surface area contributed by atoms with Crippen LogP contribution in [0.1, 0.15) is 12.6 Å². The van der Waals surface area contributed by atoms with Crippen LogP contribution in [0, 0.1) is 6.92 Å². The van der Waals surface area contributed by atoms with Gasteiger partial charge in [-0.3, -0.25) is 0 Å². The molecular formula is C11H20N4. The molecule has 84 valence electrons. The molecule has 0 bridgehead atoms. The standard InChI is InChI=1S/C11H20N4/c1-4-15(3)8-7-13-11-6-5-10(12)9(2)14-11/h5-6H,4,7-8,12H2,1-3H3,(H,13,14). The van der Waals surface area contributed by atoms with E-state index in [1.165, 1.54) is 0 Å². The van der Waals surface area contributed by atoms with Crippen molar-refractivity contribution in [2.75, 3.05) is 37.7 Å². The molecule has 0 atom stereocenters. The zero-order valence-electron chi connectivity index (χ0n) is 9.75. The average molecular weight is 208 g/mol. The predicted octanol–water partition coefficient (Wildman–Crippen LogP) is 1.34. The molecule has 0 aliphatic rings. The summed E-state index contributed by atoms with van der Waals surface area (Å²) in [7, 11) is 2.10. The third-order valence-electron chi connectivity index (χ3n) is 2.47. The van der Waals surface area contributed by atoms with E-state index in [1.54, 1.807) is 0 Å². The van der Waals surface area contributed by atoms with Crippen molar-refractivity contribution < 1.29 is 0 Å². The van der Waals surface area contributed by atoms with Crippen LogP contribution < -0.4 is 11.1 Å². The molecule has 1 rings (SSSR count). The van der Waals surface area contributed by atoms with Crippen LogP contribution in [0.5, 0.6) is 0 Å². The molecule has 0 radical (unpaired) electrons. The minimum atomic E-state index is 0.742. The Morgan fingerprint density at radius 2 is 2.20 bits per heavy atom. The number of nitrogens with one attached hydrogen (secondary N) is 1. The van der Waals surface area contributed by atoms with Crippen molar-refractivity contribution in [1.82, 2.24) is 9.88 Å². The lowest BCUT2D eigenvalue weighted by atomic mass is 10.3. The molecule has 4 nitrogen and oxygen atoms in total. The molecule has 1 heterocycles. The second-order valence-electron chi connectivity index (χ2n) is 3.69. The number of nitrogens with zero attached hydrogens (tertiary/aromatic N) is 2. The number of nitrogen functional groups attached to an aromatic ring is 1. The Morgan fingerprint density at radius 1 is 1.47 bits per heavy atom. The zero-order chi connectivity index (χ0) is 11.3. The summed E-state index contributed by atoms with van der Waals surface area (Å²) < 4.78 is 0. The maximum Gasteiger partial charge on any atom is 0.126 e. The highest BCUT2D eigenvalue weighted by Gasteiger charge is 1.98. The van der Waals surface area contributed by atoms with Crippen LogP contribution in [0.25, 0.3) is 0 Å². The van der Waals surface area contributed by atoms with Crippen LogP contribution in [-0.4, -0.2) is 36.6 Å². The molecular weight excluding hydrogens is 188 g/mol. The Balaban J connectivity index is 2.41. The first kappa shape index (κ1) is 11.8. The fourth-order valence-corrected chi connectivity index (χ4v) is 1.20. The smallest absolute Gasteiger partial charge is 0.126 e. The molecule has 0 aliphatic heterocycles. The molecule has 0 fully saturated rings. The number of rotatable bonds is 5. The van der Waals surface area contributed by atoms with Crippen molar-refractivity contribution in [3.63, 3.8) is 0 Å². The minimum absolute atomic E-state index is 0.742. The Morgan fingerprint density at radius 3 is 2.80 bits per heavy atom. The molecule has 4 heteroatoms. The summed E-state index contributed by atoms with van der Waals surface area (Å²) in [5.41, 5.74) is 7.31. The minimum Gasteiger partial charge on any atom is -0.397 e. The summed E-state index contributed by atoms with van der Waals surface area (Å²) in [5.74, 6) is 0.895. The van der Waals surface area contributed by atoms with Gasteiger partial charge in [0.1, 0.15) is 5.82 Å². The first-order valence-electron chi connectivity index (χ1n) is 5.29. The molecule has 1 aromatic heterocycles. The van der Waals surface area contributed by atoms with E-state index in [4.69, 9.17) is 5.73 Å². The second-order valence-corrected chi connectivity index (χ2v) is 3.69. The first-order chi connectivity index (χ1) is 7.13. The van der Waals surface area contributed by atoms with Gasteiger partial charge >= 0.3 is 0 Å². The van der Waals surface area contributed by atoms with Crippen LogP contribution in [-0.2, 0) is 0 Å². The maximum atomic E-state index is 5.69.